The smallest absolute Gasteiger partial charge is 0.335 e. The average molecular weight is 377 g/mol. The van der Waals surface area contributed by atoms with E-state index >= 15 is 0 Å². The molecule has 11 heteroatoms. The zero-order valence-electron chi connectivity index (χ0n) is 13.5. The lowest BCUT2D eigenvalue weighted by Gasteiger charge is -2.22. The Morgan fingerprint density at radius 3 is 2.44 bits per heavy atom. The monoisotopic (exact) mass is 377 g/mol. The summed E-state index contributed by atoms with van der Waals surface area (Å²) in [6.07, 6.45) is -0.443. The van der Waals surface area contributed by atoms with E-state index < -0.39 is 41.0 Å². The Labute approximate surface area is 143 Å². The maximum absolute atomic E-state index is 13.5. The highest BCUT2D eigenvalue weighted by Crippen LogP contribution is 2.33. The van der Waals surface area contributed by atoms with Gasteiger partial charge in [0, 0.05) is 27.1 Å². The van der Waals surface area contributed by atoms with Crippen molar-refractivity contribution in [2.75, 3.05) is 32.1 Å². The number of nitrogens with one attached hydrogen (secondary N) is 1. The Balaban J connectivity index is 2.44. The lowest BCUT2D eigenvalue weighted by molar-refractivity contribution is 0.0256. The molecule has 1 saturated heterocycles. The summed E-state index contributed by atoms with van der Waals surface area (Å²) >= 11 is 0. The Hall–Kier alpha value is -2.27. The lowest BCUT2D eigenvalue weighted by atomic mass is 10.1. The van der Waals surface area contributed by atoms with Crippen LogP contribution in [0, 0.1) is 0 Å². The van der Waals surface area contributed by atoms with E-state index in [1.54, 1.807) is 4.72 Å². The van der Waals surface area contributed by atoms with Crippen molar-refractivity contribution in [2.45, 2.75) is 12.3 Å². The van der Waals surface area contributed by atoms with E-state index in [9.17, 15) is 26.8 Å². The van der Waals surface area contributed by atoms with Crippen molar-refractivity contribution >= 4 is 27.8 Å². The van der Waals surface area contributed by atoms with Crippen LogP contribution in [-0.2, 0) is 10.2 Å². The molecular formula is C14H17F2N3O5S. The van der Waals surface area contributed by atoms with Gasteiger partial charge < -0.3 is 10.0 Å². The second-order valence-electron chi connectivity index (χ2n) is 5.78. The normalized spacial score (nSPS) is 16.9. The van der Waals surface area contributed by atoms with Crippen LogP contribution in [0.3, 0.4) is 0 Å². The van der Waals surface area contributed by atoms with Gasteiger partial charge in [0.25, 0.3) is 11.8 Å². The number of hydrogen-bond donors (Lipinski definition) is 2. The molecule has 0 radical (unpaired) electrons. The molecule has 2 N–H and O–H groups in total. The highest BCUT2D eigenvalue weighted by atomic mass is 32.2. The second kappa shape index (κ2) is 6.56. The molecule has 8 nitrogen and oxygen atoms in total. The number of amides is 1. The van der Waals surface area contributed by atoms with Gasteiger partial charge in [-0.3, -0.25) is 4.79 Å². The van der Waals surface area contributed by atoms with Gasteiger partial charge in [-0.15, -0.1) is 0 Å². The highest BCUT2D eigenvalue weighted by Gasteiger charge is 2.39. The van der Waals surface area contributed by atoms with Gasteiger partial charge >= 0.3 is 16.2 Å². The first-order valence-corrected chi connectivity index (χ1v) is 8.62. The molecule has 1 amide bonds. The van der Waals surface area contributed by atoms with E-state index in [1.807, 2.05) is 0 Å². The quantitative estimate of drug-likeness (QED) is 0.785. The summed E-state index contributed by atoms with van der Waals surface area (Å²) in [5.74, 6) is -5.29. The van der Waals surface area contributed by atoms with E-state index in [1.165, 1.54) is 19.0 Å². The Morgan fingerprint density at radius 2 is 1.96 bits per heavy atom. The van der Waals surface area contributed by atoms with E-state index in [0.29, 0.717) is 0 Å². The molecule has 1 aromatic carbocycles. The Morgan fingerprint density at radius 1 is 1.32 bits per heavy atom. The summed E-state index contributed by atoms with van der Waals surface area (Å²) in [4.78, 5) is 24.6. The number of benzene rings is 1. The average Bonchev–Trinajstić information content (AvgIpc) is 2.86. The molecule has 1 aliphatic rings. The Kier molecular flexibility index (Phi) is 5.00. The Bertz CT molecular complexity index is 811. The van der Waals surface area contributed by atoms with Crippen LogP contribution in [-0.4, -0.2) is 62.8 Å². The molecule has 2 rings (SSSR count). The zero-order chi connectivity index (χ0) is 19.0. The van der Waals surface area contributed by atoms with Gasteiger partial charge in [-0.1, -0.05) is 0 Å². The SMILES string of the molecule is CN(C)S(=O)(=O)NC(=O)c1ccc(C(=O)O)cc1N1CCC(F)(F)C1. The minimum Gasteiger partial charge on any atom is -0.478 e. The zero-order valence-corrected chi connectivity index (χ0v) is 14.3. The van der Waals surface area contributed by atoms with E-state index in [-0.39, 0.29) is 23.4 Å². The second-order valence-corrected chi connectivity index (χ2v) is 7.67. The summed E-state index contributed by atoms with van der Waals surface area (Å²) in [7, 11) is -1.66. The van der Waals surface area contributed by atoms with Crippen molar-refractivity contribution < 1.29 is 31.9 Å². The largest absolute Gasteiger partial charge is 0.478 e. The van der Waals surface area contributed by atoms with Crippen LogP contribution >= 0.6 is 0 Å². The minimum atomic E-state index is -4.08. The lowest BCUT2D eigenvalue weighted by Crippen LogP contribution is -2.40. The van der Waals surface area contributed by atoms with Crippen molar-refractivity contribution in [1.82, 2.24) is 9.03 Å². The number of carbonyl (C=O) groups excluding carboxylic acids is 1. The number of alkyl halides is 2. The van der Waals surface area contributed by atoms with Crippen LogP contribution < -0.4 is 9.62 Å². The van der Waals surface area contributed by atoms with Gasteiger partial charge in [-0.25, -0.2) is 18.3 Å². The third-order valence-electron chi connectivity index (χ3n) is 3.70. The van der Waals surface area contributed by atoms with Gasteiger partial charge in [0.2, 0.25) is 0 Å². The van der Waals surface area contributed by atoms with Gasteiger partial charge in [0.1, 0.15) is 0 Å². The topological polar surface area (TPSA) is 107 Å². The first kappa shape index (κ1) is 19.1. The molecule has 138 valence electrons. The number of anilines is 1. The van der Waals surface area contributed by atoms with Crippen LogP contribution in [0.1, 0.15) is 27.1 Å². The van der Waals surface area contributed by atoms with Crippen molar-refractivity contribution in [3.63, 3.8) is 0 Å². The fraction of sp³-hybridized carbons (Fsp3) is 0.429. The standard InChI is InChI=1S/C14H17F2N3O5S/c1-18(2)25(23,24)17-12(20)10-4-3-9(13(21)22)7-11(10)19-6-5-14(15,16)8-19/h3-4,7H,5-6,8H2,1-2H3,(H,17,20)(H,21,22). The summed E-state index contributed by atoms with van der Waals surface area (Å²) in [5.41, 5.74) is -0.450. The van der Waals surface area contributed by atoms with Crippen molar-refractivity contribution in [2.24, 2.45) is 0 Å². The van der Waals surface area contributed by atoms with Gasteiger partial charge in [-0.2, -0.15) is 12.7 Å². The molecule has 1 heterocycles. The van der Waals surface area contributed by atoms with Crippen molar-refractivity contribution in [3.8, 4) is 0 Å². The predicted molar refractivity (Wildman–Crippen MR) is 85.3 cm³/mol. The first-order chi connectivity index (χ1) is 11.4. The van der Waals surface area contributed by atoms with Crippen LogP contribution in [0.25, 0.3) is 0 Å². The molecule has 1 aromatic rings. The number of carbonyl (C=O) groups is 2. The summed E-state index contributed by atoms with van der Waals surface area (Å²) in [5, 5.41) is 9.07. The predicted octanol–water partition coefficient (Wildman–Crippen LogP) is 0.766. The number of carboxylic acids is 1. The molecule has 1 aliphatic heterocycles. The summed E-state index contributed by atoms with van der Waals surface area (Å²) < 4.78 is 53.1. The van der Waals surface area contributed by atoms with Gasteiger partial charge in [0.15, 0.2) is 0 Å². The number of rotatable bonds is 5. The van der Waals surface area contributed by atoms with Crippen molar-refractivity contribution in [3.05, 3.63) is 29.3 Å². The molecule has 0 saturated carbocycles. The third-order valence-corrected chi connectivity index (χ3v) is 5.11. The molecule has 0 aliphatic carbocycles. The van der Waals surface area contributed by atoms with Crippen LogP contribution in [0.15, 0.2) is 18.2 Å². The molecule has 25 heavy (non-hydrogen) atoms. The van der Waals surface area contributed by atoms with Crippen LogP contribution in [0.4, 0.5) is 14.5 Å². The van der Waals surface area contributed by atoms with Crippen molar-refractivity contribution in [1.29, 1.82) is 0 Å². The fourth-order valence-corrected chi connectivity index (χ4v) is 2.85. The number of halogens is 2. The van der Waals surface area contributed by atoms with E-state index in [4.69, 9.17) is 5.11 Å². The number of hydrogen-bond acceptors (Lipinski definition) is 5. The van der Waals surface area contributed by atoms with Gasteiger partial charge in [0.05, 0.1) is 23.4 Å². The molecule has 0 bridgehead atoms. The van der Waals surface area contributed by atoms with E-state index in [2.05, 4.69) is 0 Å². The van der Waals surface area contributed by atoms with Gasteiger partial charge in [-0.05, 0) is 18.2 Å². The van der Waals surface area contributed by atoms with Crippen LogP contribution in [0.2, 0.25) is 0 Å². The molecule has 0 aromatic heterocycles. The summed E-state index contributed by atoms with van der Waals surface area (Å²) in [6, 6.07) is 3.30. The minimum absolute atomic E-state index is 0.0523. The molecule has 0 spiro atoms. The van der Waals surface area contributed by atoms with E-state index in [0.717, 1.165) is 22.5 Å². The maximum atomic E-state index is 13.5. The maximum Gasteiger partial charge on any atom is 0.335 e. The molecule has 0 atom stereocenters. The number of carboxylic acid groups (broad SMARTS) is 1. The number of aromatic carboxylic acids is 1. The van der Waals surface area contributed by atoms with Crippen LogP contribution in [0.5, 0.6) is 0 Å². The number of nitrogens with zero attached hydrogens (tertiary/aromatic N) is 2. The summed E-state index contributed by atoms with van der Waals surface area (Å²) in [6.45, 7) is -0.770. The molecule has 1 fully saturated rings. The molecular weight excluding hydrogens is 360 g/mol. The molecule has 0 unspecified atom stereocenters. The first-order valence-electron chi connectivity index (χ1n) is 7.18. The fourth-order valence-electron chi connectivity index (χ4n) is 2.32. The third kappa shape index (κ3) is 4.23. The highest BCUT2D eigenvalue weighted by molar-refractivity contribution is 7.87.